The minimum Gasteiger partial charge on any atom is -0.396 e. The van der Waals surface area contributed by atoms with Gasteiger partial charge in [-0.1, -0.05) is 20.8 Å². The van der Waals surface area contributed by atoms with Gasteiger partial charge in [0.15, 0.2) is 0 Å². The zero-order valence-corrected chi connectivity index (χ0v) is 14.2. The molecule has 20 heavy (non-hydrogen) atoms. The molecule has 0 bridgehead atoms. The fourth-order valence-corrected chi connectivity index (χ4v) is 3.74. The molecule has 1 fully saturated rings. The predicted molar refractivity (Wildman–Crippen MR) is 86.7 cm³/mol. The van der Waals surface area contributed by atoms with E-state index >= 15 is 0 Å². The van der Waals surface area contributed by atoms with E-state index < -0.39 is 0 Å². The molecule has 0 radical (unpaired) electrons. The minimum atomic E-state index is 0.284. The van der Waals surface area contributed by atoms with E-state index in [4.69, 9.17) is 10.8 Å². The Hall–Kier alpha value is -0.120. The molecule has 0 aromatic carbocycles. The van der Waals surface area contributed by atoms with Crippen molar-refractivity contribution in [1.82, 2.24) is 4.90 Å². The second kappa shape index (κ2) is 7.77. The van der Waals surface area contributed by atoms with Gasteiger partial charge >= 0.3 is 0 Å². The van der Waals surface area contributed by atoms with Crippen LogP contribution in [0.5, 0.6) is 0 Å². The number of nitrogens with two attached hydrogens (primary N) is 1. The second-order valence-corrected chi connectivity index (χ2v) is 7.85. The van der Waals surface area contributed by atoms with E-state index in [1.807, 2.05) is 0 Å². The van der Waals surface area contributed by atoms with Gasteiger partial charge in [-0.05, 0) is 63.3 Å². The second-order valence-electron chi connectivity index (χ2n) is 7.85. The highest BCUT2D eigenvalue weighted by Crippen LogP contribution is 2.41. The number of nitrogens with zero attached hydrogens (tertiary/aromatic N) is 1. The van der Waals surface area contributed by atoms with E-state index in [1.165, 1.54) is 19.3 Å². The first kappa shape index (κ1) is 17.9. The Kier molecular flexibility index (Phi) is 6.96. The van der Waals surface area contributed by atoms with Crippen LogP contribution >= 0.6 is 0 Å². The van der Waals surface area contributed by atoms with Crippen LogP contribution in [0.15, 0.2) is 0 Å². The lowest BCUT2D eigenvalue weighted by Gasteiger charge is -2.47. The largest absolute Gasteiger partial charge is 0.396 e. The van der Waals surface area contributed by atoms with E-state index in [-0.39, 0.29) is 6.61 Å². The van der Waals surface area contributed by atoms with E-state index in [2.05, 4.69) is 39.5 Å². The normalized spacial score (nSPS) is 28.4. The van der Waals surface area contributed by atoms with Crippen LogP contribution in [0, 0.1) is 17.3 Å². The van der Waals surface area contributed by atoms with Crippen molar-refractivity contribution in [2.75, 3.05) is 19.7 Å². The van der Waals surface area contributed by atoms with E-state index in [9.17, 15) is 0 Å². The van der Waals surface area contributed by atoms with Gasteiger partial charge < -0.3 is 10.8 Å². The highest BCUT2D eigenvalue weighted by Gasteiger charge is 2.38. The van der Waals surface area contributed by atoms with Gasteiger partial charge in [0, 0.05) is 25.2 Å². The zero-order chi connectivity index (χ0) is 15.3. The smallest absolute Gasteiger partial charge is 0.0443 e. The van der Waals surface area contributed by atoms with Crippen molar-refractivity contribution in [2.24, 2.45) is 23.0 Å². The highest BCUT2D eigenvalue weighted by atomic mass is 16.3. The molecule has 120 valence electrons. The number of rotatable bonds is 6. The third-order valence-electron chi connectivity index (χ3n) is 5.15. The molecule has 0 aromatic heterocycles. The molecule has 0 spiro atoms. The Labute approximate surface area is 125 Å². The third-order valence-corrected chi connectivity index (χ3v) is 5.15. The molecule has 0 aromatic rings. The van der Waals surface area contributed by atoms with Crippen molar-refractivity contribution in [2.45, 2.75) is 72.4 Å². The predicted octanol–water partition coefficient (Wildman–Crippen LogP) is 2.87. The summed E-state index contributed by atoms with van der Waals surface area (Å²) in [7, 11) is 0. The SMILES string of the molecule is CC(C)N(CCCO)C1CC(C(C)(C)C)CCC1CN. The summed E-state index contributed by atoms with van der Waals surface area (Å²) >= 11 is 0. The summed E-state index contributed by atoms with van der Waals surface area (Å²) in [6.45, 7) is 13.7. The molecule has 1 aliphatic carbocycles. The van der Waals surface area contributed by atoms with Gasteiger partial charge in [0.05, 0.1) is 0 Å². The molecule has 0 amide bonds. The molecule has 3 heteroatoms. The number of aliphatic hydroxyl groups is 1. The van der Waals surface area contributed by atoms with Crippen LogP contribution < -0.4 is 5.73 Å². The van der Waals surface area contributed by atoms with Crippen molar-refractivity contribution in [1.29, 1.82) is 0 Å². The molecule has 0 heterocycles. The van der Waals surface area contributed by atoms with Gasteiger partial charge in [0.1, 0.15) is 0 Å². The van der Waals surface area contributed by atoms with Crippen LogP contribution in [0.2, 0.25) is 0 Å². The fraction of sp³-hybridized carbons (Fsp3) is 1.00. The molecule has 3 nitrogen and oxygen atoms in total. The topological polar surface area (TPSA) is 49.5 Å². The summed E-state index contributed by atoms with van der Waals surface area (Å²) in [6.07, 6.45) is 4.69. The fourth-order valence-electron chi connectivity index (χ4n) is 3.74. The summed E-state index contributed by atoms with van der Waals surface area (Å²) in [5.41, 5.74) is 6.43. The molecular weight excluding hydrogens is 248 g/mol. The first-order chi connectivity index (χ1) is 9.31. The van der Waals surface area contributed by atoms with Gasteiger partial charge in [-0.25, -0.2) is 0 Å². The van der Waals surface area contributed by atoms with Crippen LogP contribution in [0.4, 0.5) is 0 Å². The summed E-state index contributed by atoms with van der Waals surface area (Å²) in [6, 6.07) is 1.11. The zero-order valence-electron chi connectivity index (χ0n) is 14.2. The van der Waals surface area contributed by atoms with Crippen molar-refractivity contribution in [3.05, 3.63) is 0 Å². The lowest BCUT2D eigenvalue weighted by atomic mass is 9.67. The number of aliphatic hydroxyl groups excluding tert-OH is 1. The summed E-state index contributed by atoms with van der Waals surface area (Å²) in [5.74, 6) is 1.40. The molecule has 0 saturated heterocycles. The molecule has 3 atom stereocenters. The van der Waals surface area contributed by atoms with Crippen molar-refractivity contribution >= 4 is 0 Å². The number of hydrogen-bond donors (Lipinski definition) is 2. The van der Waals surface area contributed by atoms with Crippen molar-refractivity contribution in [3.63, 3.8) is 0 Å². The van der Waals surface area contributed by atoms with Crippen molar-refractivity contribution in [3.8, 4) is 0 Å². The molecule has 3 N–H and O–H groups in total. The van der Waals surface area contributed by atoms with Gasteiger partial charge in [0.2, 0.25) is 0 Å². The highest BCUT2D eigenvalue weighted by molar-refractivity contribution is 4.92. The van der Waals surface area contributed by atoms with Crippen molar-refractivity contribution < 1.29 is 5.11 Å². The van der Waals surface area contributed by atoms with Crippen LogP contribution in [-0.2, 0) is 0 Å². The maximum atomic E-state index is 9.15. The maximum Gasteiger partial charge on any atom is 0.0443 e. The minimum absolute atomic E-state index is 0.284. The molecule has 0 aliphatic heterocycles. The average molecular weight is 284 g/mol. The lowest BCUT2D eigenvalue weighted by molar-refractivity contribution is 0.0248. The molecule has 1 saturated carbocycles. The van der Waals surface area contributed by atoms with Crippen LogP contribution in [-0.4, -0.2) is 41.8 Å². The van der Waals surface area contributed by atoms with Gasteiger partial charge in [0.25, 0.3) is 0 Å². The summed E-state index contributed by atoms with van der Waals surface area (Å²) < 4.78 is 0. The van der Waals surface area contributed by atoms with Crippen LogP contribution in [0.1, 0.15) is 60.3 Å². The quantitative estimate of drug-likeness (QED) is 0.788. The lowest BCUT2D eigenvalue weighted by Crippen LogP contribution is -2.51. The Balaban J connectivity index is 2.82. The van der Waals surface area contributed by atoms with E-state index in [0.717, 1.165) is 25.4 Å². The van der Waals surface area contributed by atoms with Crippen LogP contribution in [0.25, 0.3) is 0 Å². The molecule has 1 rings (SSSR count). The Bertz CT molecular complexity index is 273. The summed E-state index contributed by atoms with van der Waals surface area (Å²) in [5, 5.41) is 9.15. The van der Waals surface area contributed by atoms with Gasteiger partial charge in [-0.3, -0.25) is 4.90 Å². The number of hydrogen-bond acceptors (Lipinski definition) is 3. The molecular formula is C17H36N2O. The van der Waals surface area contributed by atoms with Gasteiger partial charge in [-0.2, -0.15) is 0 Å². The Morgan fingerprint density at radius 2 is 1.90 bits per heavy atom. The standard InChI is InChI=1S/C17H36N2O/c1-13(2)19(9-6-10-20)16-11-15(17(3,4)5)8-7-14(16)12-18/h13-16,20H,6-12,18H2,1-5H3. The summed E-state index contributed by atoms with van der Waals surface area (Å²) in [4.78, 5) is 2.59. The first-order valence-corrected chi connectivity index (χ1v) is 8.38. The third kappa shape index (κ3) is 4.71. The average Bonchev–Trinajstić information content (AvgIpc) is 2.37. The van der Waals surface area contributed by atoms with E-state index in [1.54, 1.807) is 0 Å². The van der Waals surface area contributed by atoms with E-state index in [0.29, 0.717) is 23.4 Å². The van der Waals surface area contributed by atoms with Crippen LogP contribution in [0.3, 0.4) is 0 Å². The van der Waals surface area contributed by atoms with Gasteiger partial charge in [-0.15, -0.1) is 0 Å². The Morgan fingerprint density at radius 1 is 1.25 bits per heavy atom. The first-order valence-electron chi connectivity index (χ1n) is 8.38. The maximum absolute atomic E-state index is 9.15. The Morgan fingerprint density at radius 3 is 2.35 bits per heavy atom. The monoisotopic (exact) mass is 284 g/mol. The molecule has 3 unspecified atom stereocenters. The molecule has 1 aliphatic rings.